The van der Waals surface area contributed by atoms with E-state index < -0.39 is 15.4 Å². The minimum Gasteiger partial charge on any atom is -0.342 e. The standard InChI is InChI=1S/C12H17NO3S/c1-9-6-11(7-14)10(2)13(9)12(3)4-5-17(15,16)8-12/h6-7H,4-5,8H2,1-3H3. The Balaban J connectivity index is 2.55. The number of aldehydes is 1. The lowest BCUT2D eigenvalue weighted by molar-refractivity contribution is 0.112. The van der Waals surface area contributed by atoms with Gasteiger partial charge in [-0.25, -0.2) is 8.42 Å². The van der Waals surface area contributed by atoms with E-state index in [9.17, 15) is 13.2 Å². The number of rotatable bonds is 2. The van der Waals surface area contributed by atoms with Crippen LogP contribution in [-0.2, 0) is 15.4 Å². The molecule has 1 aliphatic rings. The van der Waals surface area contributed by atoms with E-state index in [0.29, 0.717) is 12.0 Å². The summed E-state index contributed by atoms with van der Waals surface area (Å²) in [6.45, 7) is 5.73. The van der Waals surface area contributed by atoms with Gasteiger partial charge in [0.15, 0.2) is 16.1 Å². The lowest BCUT2D eigenvalue weighted by atomic mass is 10.0. The summed E-state index contributed by atoms with van der Waals surface area (Å²) in [5, 5.41) is 0. The molecular formula is C12H17NO3S. The lowest BCUT2D eigenvalue weighted by Gasteiger charge is -2.28. The molecule has 94 valence electrons. The summed E-state index contributed by atoms with van der Waals surface area (Å²) in [7, 11) is -2.94. The predicted octanol–water partition coefficient (Wildman–Crippen LogP) is 1.45. The topological polar surface area (TPSA) is 56.1 Å². The van der Waals surface area contributed by atoms with Crippen molar-refractivity contribution in [2.45, 2.75) is 32.7 Å². The molecule has 0 spiro atoms. The van der Waals surface area contributed by atoms with Gasteiger partial charge in [-0.05, 0) is 33.3 Å². The molecule has 0 radical (unpaired) electrons. The summed E-state index contributed by atoms with van der Waals surface area (Å²) in [6.07, 6.45) is 1.44. The lowest BCUT2D eigenvalue weighted by Crippen LogP contribution is -2.33. The summed E-state index contributed by atoms with van der Waals surface area (Å²) in [4.78, 5) is 10.9. The molecule has 1 aromatic rings. The Morgan fingerprint density at radius 3 is 2.47 bits per heavy atom. The van der Waals surface area contributed by atoms with E-state index in [1.807, 2.05) is 31.4 Å². The molecule has 1 atom stereocenters. The maximum Gasteiger partial charge on any atom is 0.152 e. The minimum atomic E-state index is -2.94. The van der Waals surface area contributed by atoms with Gasteiger partial charge in [0.2, 0.25) is 0 Å². The highest BCUT2D eigenvalue weighted by atomic mass is 32.2. The number of hydrogen-bond donors (Lipinski definition) is 0. The summed E-state index contributed by atoms with van der Waals surface area (Å²) in [5.41, 5.74) is 2.04. The molecule has 4 nitrogen and oxygen atoms in total. The van der Waals surface area contributed by atoms with Crippen molar-refractivity contribution >= 4 is 16.1 Å². The van der Waals surface area contributed by atoms with Gasteiger partial charge in [-0.15, -0.1) is 0 Å². The Kier molecular flexibility index (Phi) is 2.69. The van der Waals surface area contributed by atoms with Gasteiger partial charge in [0.25, 0.3) is 0 Å². The zero-order valence-corrected chi connectivity index (χ0v) is 11.2. The van der Waals surface area contributed by atoms with Crippen molar-refractivity contribution in [1.29, 1.82) is 0 Å². The number of carbonyl (C=O) groups excluding carboxylic acids is 1. The molecule has 0 amide bonds. The summed E-state index contributed by atoms with van der Waals surface area (Å²) in [5.74, 6) is 0.394. The minimum absolute atomic E-state index is 0.161. The van der Waals surface area contributed by atoms with Crippen LogP contribution in [0.1, 0.15) is 35.1 Å². The van der Waals surface area contributed by atoms with Crippen LogP contribution in [0.4, 0.5) is 0 Å². The molecule has 1 fully saturated rings. The molecule has 0 saturated carbocycles. The molecule has 1 aliphatic heterocycles. The molecule has 0 N–H and O–H groups in total. The highest BCUT2D eigenvalue weighted by Crippen LogP contribution is 2.34. The van der Waals surface area contributed by atoms with Crippen LogP contribution in [-0.4, -0.2) is 30.8 Å². The molecule has 5 heteroatoms. The van der Waals surface area contributed by atoms with Crippen molar-refractivity contribution in [3.05, 3.63) is 23.0 Å². The van der Waals surface area contributed by atoms with Crippen LogP contribution in [0, 0.1) is 13.8 Å². The Morgan fingerprint density at radius 2 is 2.06 bits per heavy atom. The largest absolute Gasteiger partial charge is 0.342 e. The first-order valence-corrected chi connectivity index (χ1v) is 7.46. The van der Waals surface area contributed by atoms with Crippen LogP contribution in [0.5, 0.6) is 0 Å². The Labute approximate surface area is 102 Å². The van der Waals surface area contributed by atoms with Crippen molar-refractivity contribution in [1.82, 2.24) is 4.57 Å². The second-order valence-electron chi connectivity index (χ2n) is 5.12. The third-order valence-corrected chi connectivity index (χ3v) is 5.51. The maximum atomic E-state index is 11.6. The van der Waals surface area contributed by atoms with Gasteiger partial charge in [-0.1, -0.05) is 0 Å². The molecule has 1 saturated heterocycles. The molecule has 0 aromatic carbocycles. The van der Waals surface area contributed by atoms with E-state index in [0.717, 1.165) is 17.7 Å². The van der Waals surface area contributed by atoms with Gasteiger partial charge in [0, 0.05) is 17.0 Å². The van der Waals surface area contributed by atoms with Crippen molar-refractivity contribution in [2.75, 3.05) is 11.5 Å². The molecule has 0 bridgehead atoms. The average molecular weight is 255 g/mol. The molecule has 1 aromatic heterocycles. The Bertz CT molecular complexity index is 571. The molecule has 17 heavy (non-hydrogen) atoms. The van der Waals surface area contributed by atoms with Crippen molar-refractivity contribution in [3.63, 3.8) is 0 Å². The van der Waals surface area contributed by atoms with Gasteiger partial charge < -0.3 is 4.57 Å². The van der Waals surface area contributed by atoms with E-state index in [-0.39, 0.29) is 11.5 Å². The smallest absolute Gasteiger partial charge is 0.152 e. The molecular weight excluding hydrogens is 238 g/mol. The first kappa shape index (κ1) is 12.4. The first-order valence-electron chi connectivity index (χ1n) is 5.64. The van der Waals surface area contributed by atoms with Crippen LogP contribution < -0.4 is 0 Å². The monoisotopic (exact) mass is 255 g/mol. The molecule has 2 rings (SSSR count). The number of sulfone groups is 1. The number of aryl methyl sites for hydroxylation is 1. The fourth-order valence-electron chi connectivity index (χ4n) is 2.91. The van der Waals surface area contributed by atoms with Gasteiger partial charge in [0.1, 0.15) is 0 Å². The third-order valence-electron chi connectivity index (χ3n) is 3.62. The highest BCUT2D eigenvalue weighted by Gasteiger charge is 2.41. The van der Waals surface area contributed by atoms with Gasteiger partial charge in [0.05, 0.1) is 17.0 Å². The quantitative estimate of drug-likeness (QED) is 0.752. The van der Waals surface area contributed by atoms with Gasteiger partial charge >= 0.3 is 0 Å². The van der Waals surface area contributed by atoms with Crippen LogP contribution in [0.25, 0.3) is 0 Å². The number of aromatic nitrogens is 1. The normalized spacial score (nSPS) is 27.2. The van der Waals surface area contributed by atoms with Crippen molar-refractivity contribution in [2.24, 2.45) is 0 Å². The van der Waals surface area contributed by atoms with Crippen molar-refractivity contribution < 1.29 is 13.2 Å². The number of carbonyl (C=O) groups is 1. The van der Waals surface area contributed by atoms with E-state index in [4.69, 9.17) is 0 Å². The van der Waals surface area contributed by atoms with Gasteiger partial charge in [-0.3, -0.25) is 4.79 Å². The second kappa shape index (κ2) is 3.70. The van der Waals surface area contributed by atoms with E-state index in [1.54, 1.807) is 0 Å². The van der Waals surface area contributed by atoms with Crippen LogP contribution in [0.3, 0.4) is 0 Å². The predicted molar refractivity (Wildman–Crippen MR) is 66.2 cm³/mol. The molecule has 0 aliphatic carbocycles. The number of hydrogen-bond acceptors (Lipinski definition) is 3. The second-order valence-corrected chi connectivity index (χ2v) is 7.30. The van der Waals surface area contributed by atoms with Crippen LogP contribution >= 0.6 is 0 Å². The third kappa shape index (κ3) is 1.92. The average Bonchev–Trinajstić information content (AvgIpc) is 2.65. The van der Waals surface area contributed by atoms with Crippen molar-refractivity contribution in [3.8, 4) is 0 Å². The molecule has 1 unspecified atom stereocenters. The molecule has 2 heterocycles. The fraction of sp³-hybridized carbons (Fsp3) is 0.583. The summed E-state index contributed by atoms with van der Waals surface area (Å²) in [6, 6.07) is 1.82. The fourth-order valence-corrected chi connectivity index (χ4v) is 5.02. The Hall–Kier alpha value is -1.10. The Morgan fingerprint density at radius 1 is 1.41 bits per heavy atom. The zero-order chi connectivity index (χ0) is 12.8. The summed E-state index contributed by atoms with van der Waals surface area (Å²) >= 11 is 0. The van der Waals surface area contributed by atoms with E-state index in [1.165, 1.54) is 0 Å². The first-order chi connectivity index (χ1) is 7.79. The van der Waals surface area contributed by atoms with Crippen LogP contribution in [0.15, 0.2) is 6.07 Å². The zero-order valence-electron chi connectivity index (χ0n) is 10.4. The summed E-state index contributed by atoms with van der Waals surface area (Å²) < 4.78 is 25.3. The van der Waals surface area contributed by atoms with E-state index >= 15 is 0 Å². The van der Waals surface area contributed by atoms with Crippen LogP contribution in [0.2, 0.25) is 0 Å². The highest BCUT2D eigenvalue weighted by molar-refractivity contribution is 7.91. The van der Waals surface area contributed by atoms with Gasteiger partial charge in [-0.2, -0.15) is 0 Å². The maximum absolute atomic E-state index is 11.6. The SMILES string of the molecule is Cc1cc(C=O)c(C)n1C1(C)CCS(=O)(=O)C1. The number of nitrogens with zero attached hydrogens (tertiary/aromatic N) is 1. The van der Waals surface area contributed by atoms with E-state index in [2.05, 4.69) is 0 Å².